The normalized spacial score (nSPS) is 11.1. The third kappa shape index (κ3) is 4.64. The fourth-order valence-corrected chi connectivity index (χ4v) is 4.32. The van der Waals surface area contributed by atoms with Gasteiger partial charge in [-0.2, -0.15) is 0 Å². The Kier molecular flexibility index (Phi) is 6.36. The first kappa shape index (κ1) is 21.1. The van der Waals surface area contributed by atoms with Crippen molar-refractivity contribution >= 4 is 28.1 Å². The summed E-state index contributed by atoms with van der Waals surface area (Å²) in [6.45, 7) is 6.09. The standard InChI is InChI=1S/C23H25FN4O2S/c1-4-7-30-17-11-22(31-13-17)19-12-23(27-14-26-19)25-5-6-28-15(2)8-18-20(28)9-16(24)10-21(18)29-3/h8-14H,4-7H2,1-3H3,(H,25,26,27). The second-order valence-corrected chi connectivity index (χ2v) is 8.10. The summed E-state index contributed by atoms with van der Waals surface area (Å²) in [6.07, 6.45) is 2.53. The van der Waals surface area contributed by atoms with Crippen LogP contribution in [-0.4, -0.2) is 34.8 Å². The number of thiophene rings is 1. The molecule has 0 radical (unpaired) electrons. The first-order valence-electron chi connectivity index (χ1n) is 10.2. The molecule has 4 aromatic rings. The molecule has 0 amide bonds. The molecule has 4 rings (SSSR count). The molecule has 0 unspecified atom stereocenters. The fraction of sp³-hybridized carbons (Fsp3) is 0.304. The highest BCUT2D eigenvalue weighted by molar-refractivity contribution is 7.13. The summed E-state index contributed by atoms with van der Waals surface area (Å²) in [7, 11) is 1.56. The van der Waals surface area contributed by atoms with Crippen LogP contribution in [0.4, 0.5) is 10.2 Å². The van der Waals surface area contributed by atoms with Crippen molar-refractivity contribution in [3.63, 3.8) is 0 Å². The molecule has 0 fully saturated rings. The van der Waals surface area contributed by atoms with E-state index in [-0.39, 0.29) is 5.82 Å². The highest BCUT2D eigenvalue weighted by Gasteiger charge is 2.12. The lowest BCUT2D eigenvalue weighted by Crippen LogP contribution is -2.12. The molecular weight excluding hydrogens is 415 g/mol. The number of nitrogens with zero attached hydrogens (tertiary/aromatic N) is 3. The summed E-state index contributed by atoms with van der Waals surface area (Å²) in [5, 5.41) is 6.25. The third-order valence-corrected chi connectivity index (χ3v) is 5.92. The van der Waals surface area contributed by atoms with E-state index < -0.39 is 0 Å². The van der Waals surface area contributed by atoms with Crippen LogP contribution in [-0.2, 0) is 6.54 Å². The smallest absolute Gasteiger partial charge is 0.131 e. The molecule has 3 aromatic heterocycles. The summed E-state index contributed by atoms with van der Waals surface area (Å²) in [5.74, 6) is 1.85. The second kappa shape index (κ2) is 9.34. The molecule has 0 atom stereocenters. The number of fused-ring (bicyclic) bond motifs is 1. The van der Waals surface area contributed by atoms with Crippen LogP contribution >= 0.6 is 11.3 Å². The number of methoxy groups -OCH3 is 1. The summed E-state index contributed by atoms with van der Waals surface area (Å²) in [4.78, 5) is 9.75. The van der Waals surface area contributed by atoms with Crippen molar-refractivity contribution in [2.24, 2.45) is 0 Å². The van der Waals surface area contributed by atoms with E-state index >= 15 is 0 Å². The molecule has 8 heteroatoms. The van der Waals surface area contributed by atoms with Crippen molar-refractivity contribution in [2.75, 3.05) is 25.6 Å². The van der Waals surface area contributed by atoms with E-state index in [1.165, 1.54) is 6.07 Å². The lowest BCUT2D eigenvalue weighted by Gasteiger charge is -2.11. The van der Waals surface area contributed by atoms with E-state index in [0.717, 1.165) is 45.2 Å². The SMILES string of the molecule is CCCOc1csc(-c2cc(NCCn3c(C)cc4c(OC)cc(F)cc43)ncn2)c1. The molecule has 162 valence electrons. The Labute approximate surface area is 184 Å². The van der Waals surface area contributed by atoms with Crippen LogP contribution in [0.2, 0.25) is 0 Å². The van der Waals surface area contributed by atoms with Gasteiger partial charge in [0.2, 0.25) is 0 Å². The maximum absolute atomic E-state index is 14.0. The van der Waals surface area contributed by atoms with Crippen molar-refractivity contribution in [3.8, 4) is 22.1 Å². The summed E-state index contributed by atoms with van der Waals surface area (Å²) in [5.41, 5.74) is 2.71. The van der Waals surface area contributed by atoms with Crippen molar-refractivity contribution in [2.45, 2.75) is 26.8 Å². The summed E-state index contributed by atoms with van der Waals surface area (Å²) in [6, 6.07) is 8.91. The van der Waals surface area contributed by atoms with Gasteiger partial charge in [0.25, 0.3) is 0 Å². The number of aryl methyl sites for hydroxylation is 1. The number of rotatable bonds is 9. The van der Waals surface area contributed by atoms with Crippen LogP contribution in [0.25, 0.3) is 21.5 Å². The zero-order valence-electron chi connectivity index (χ0n) is 17.8. The van der Waals surface area contributed by atoms with Crippen LogP contribution < -0.4 is 14.8 Å². The molecule has 0 spiro atoms. The lowest BCUT2D eigenvalue weighted by molar-refractivity contribution is 0.319. The molecule has 0 aliphatic heterocycles. The molecule has 31 heavy (non-hydrogen) atoms. The summed E-state index contributed by atoms with van der Waals surface area (Å²) >= 11 is 1.60. The van der Waals surface area contributed by atoms with Crippen LogP contribution in [0, 0.1) is 12.7 Å². The van der Waals surface area contributed by atoms with Gasteiger partial charge in [-0.05, 0) is 25.5 Å². The van der Waals surface area contributed by atoms with Gasteiger partial charge in [0.05, 0.1) is 29.8 Å². The molecule has 0 aliphatic carbocycles. The Morgan fingerprint density at radius 2 is 2.03 bits per heavy atom. The van der Waals surface area contributed by atoms with Gasteiger partial charge in [-0.3, -0.25) is 0 Å². The highest BCUT2D eigenvalue weighted by Crippen LogP contribution is 2.31. The lowest BCUT2D eigenvalue weighted by atomic mass is 10.2. The Balaban J connectivity index is 1.46. The van der Waals surface area contributed by atoms with Gasteiger partial charge < -0.3 is 19.4 Å². The van der Waals surface area contributed by atoms with Crippen molar-refractivity contribution in [3.05, 3.63) is 53.6 Å². The Morgan fingerprint density at radius 1 is 1.16 bits per heavy atom. The Bertz CT molecular complexity index is 1190. The molecule has 0 bridgehead atoms. The first-order chi connectivity index (χ1) is 15.1. The molecule has 6 nitrogen and oxygen atoms in total. The largest absolute Gasteiger partial charge is 0.496 e. The number of halogens is 1. The van der Waals surface area contributed by atoms with Gasteiger partial charge in [-0.1, -0.05) is 6.92 Å². The summed E-state index contributed by atoms with van der Waals surface area (Å²) < 4.78 is 27.1. The minimum atomic E-state index is -0.310. The number of aromatic nitrogens is 3. The molecule has 0 aliphatic rings. The third-order valence-electron chi connectivity index (χ3n) is 4.98. The average molecular weight is 441 g/mol. The predicted molar refractivity (Wildman–Crippen MR) is 123 cm³/mol. The molecule has 3 heterocycles. The minimum Gasteiger partial charge on any atom is -0.496 e. The maximum Gasteiger partial charge on any atom is 0.131 e. The van der Waals surface area contributed by atoms with E-state index in [0.29, 0.717) is 25.4 Å². The zero-order chi connectivity index (χ0) is 21.8. The zero-order valence-corrected chi connectivity index (χ0v) is 18.6. The first-order valence-corrected chi connectivity index (χ1v) is 11.1. The van der Waals surface area contributed by atoms with Crippen LogP contribution in [0.5, 0.6) is 11.5 Å². The van der Waals surface area contributed by atoms with Crippen LogP contribution in [0.1, 0.15) is 19.0 Å². The van der Waals surface area contributed by atoms with E-state index in [4.69, 9.17) is 9.47 Å². The predicted octanol–water partition coefficient (Wildman–Crippen LogP) is 5.52. The van der Waals surface area contributed by atoms with Gasteiger partial charge in [0.15, 0.2) is 0 Å². The number of hydrogen-bond acceptors (Lipinski definition) is 6. The van der Waals surface area contributed by atoms with E-state index in [2.05, 4.69) is 26.8 Å². The quantitative estimate of drug-likeness (QED) is 0.371. The topological polar surface area (TPSA) is 61.2 Å². The number of benzene rings is 1. The molecular formula is C23H25FN4O2S. The van der Waals surface area contributed by atoms with Gasteiger partial charge in [-0.15, -0.1) is 11.3 Å². The number of ether oxygens (including phenoxy) is 2. The molecule has 0 saturated heterocycles. The van der Waals surface area contributed by atoms with Crippen LogP contribution in [0.3, 0.4) is 0 Å². The maximum atomic E-state index is 14.0. The monoisotopic (exact) mass is 440 g/mol. The molecule has 0 saturated carbocycles. The average Bonchev–Trinajstić information content (AvgIpc) is 3.37. The van der Waals surface area contributed by atoms with Crippen LogP contribution in [0.15, 0.2) is 42.0 Å². The van der Waals surface area contributed by atoms with E-state index in [9.17, 15) is 4.39 Å². The minimum absolute atomic E-state index is 0.310. The Morgan fingerprint density at radius 3 is 2.84 bits per heavy atom. The molecule has 1 N–H and O–H groups in total. The van der Waals surface area contributed by atoms with E-state index in [1.54, 1.807) is 30.8 Å². The molecule has 1 aromatic carbocycles. The van der Waals surface area contributed by atoms with Crippen molar-refractivity contribution < 1.29 is 13.9 Å². The second-order valence-electron chi connectivity index (χ2n) is 7.19. The Hall–Kier alpha value is -3.13. The van der Waals surface area contributed by atoms with E-state index in [1.807, 2.05) is 30.5 Å². The van der Waals surface area contributed by atoms with Gasteiger partial charge in [0, 0.05) is 47.7 Å². The van der Waals surface area contributed by atoms with Crippen molar-refractivity contribution in [1.29, 1.82) is 0 Å². The number of nitrogens with one attached hydrogen (secondary N) is 1. The number of anilines is 1. The highest BCUT2D eigenvalue weighted by atomic mass is 32.1. The fourth-order valence-electron chi connectivity index (χ4n) is 3.52. The van der Waals surface area contributed by atoms with Gasteiger partial charge >= 0.3 is 0 Å². The van der Waals surface area contributed by atoms with Gasteiger partial charge in [-0.25, -0.2) is 14.4 Å². The van der Waals surface area contributed by atoms with Crippen molar-refractivity contribution in [1.82, 2.24) is 14.5 Å². The van der Waals surface area contributed by atoms with Gasteiger partial charge in [0.1, 0.15) is 29.5 Å². The number of hydrogen-bond donors (Lipinski definition) is 1.